The molecule has 0 aromatic heterocycles. The third kappa shape index (κ3) is 2.21. The van der Waals surface area contributed by atoms with Crippen molar-refractivity contribution in [1.29, 1.82) is 0 Å². The quantitative estimate of drug-likeness (QED) is 0.205. The predicted octanol–water partition coefficient (Wildman–Crippen LogP) is -1.65. The van der Waals surface area contributed by atoms with E-state index in [0.29, 0.717) is 6.54 Å². The van der Waals surface area contributed by atoms with Crippen molar-refractivity contribution in [3.05, 3.63) is 0 Å². The van der Waals surface area contributed by atoms with E-state index < -0.39 is 11.8 Å². The molecule has 4 N–H and O–H groups in total. The van der Waals surface area contributed by atoms with Crippen LogP contribution in [0.4, 0.5) is 0 Å². The number of carbonyl (C=O) groups excluding carboxylic acids is 2. The Morgan fingerprint density at radius 1 is 1.50 bits per heavy atom. The smallest absolute Gasteiger partial charge is 0.323 e. The van der Waals surface area contributed by atoms with Crippen molar-refractivity contribution in [2.75, 3.05) is 13.2 Å². The number of aliphatic hydroxyl groups is 1. The van der Waals surface area contributed by atoms with Gasteiger partial charge in [0, 0.05) is 6.54 Å². The van der Waals surface area contributed by atoms with Crippen molar-refractivity contribution < 1.29 is 14.7 Å². The maximum Gasteiger partial charge on any atom is 0.323 e. The highest BCUT2D eigenvalue weighted by Gasteiger charge is 2.29. The lowest BCUT2D eigenvalue weighted by atomic mass is 10.0. The fourth-order valence-corrected chi connectivity index (χ4v) is 1.65. The lowest BCUT2D eigenvalue weighted by Crippen LogP contribution is -2.52. The Morgan fingerprint density at radius 2 is 2.21 bits per heavy atom. The summed E-state index contributed by atoms with van der Waals surface area (Å²) in [7, 11) is 0. The molecule has 1 unspecified atom stereocenters. The highest BCUT2D eigenvalue weighted by molar-refractivity contribution is 6.34. The molecule has 0 saturated carbocycles. The number of piperidine rings is 1. The summed E-state index contributed by atoms with van der Waals surface area (Å²) in [6.07, 6.45) is 2.57. The molecular formula is C8H15N3O3. The Labute approximate surface area is 82.0 Å². The fourth-order valence-electron chi connectivity index (χ4n) is 1.65. The molecule has 1 heterocycles. The first-order valence-electron chi connectivity index (χ1n) is 4.63. The van der Waals surface area contributed by atoms with Crippen LogP contribution in [0.5, 0.6) is 0 Å². The van der Waals surface area contributed by atoms with E-state index in [0.717, 1.165) is 19.3 Å². The van der Waals surface area contributed by atoms with Crippen molar-refractivity contribution in [3.8, 4) is 0 Å². The highest BCUT2D eigenvalue weighted by atomic mass is 16.3. The number of hydrazine groups is 1. The van der Waals surface area contributed by atoms with E-state index in [-0.39, 0.29) is 12.6 Å². The Balaban J connectivity index is 2.63. The van der Waals surface area contributed by atoms with Crippen LogP contribution >= 0.6 is 0 Å². The van der Waals surface area contributed by atoms with Crippen molar-refractivity contribution in [3.63, 3.8) is 0 Å². The number of amides is 2. The second-order valence-corrected chi connectivity index (χ2v) is 3.30. The highest BCUT2D eigenvalue weighted by Crippen LogP contribution is 2.16. The van der Waals surface area contributed by atoms with Crippen molar-refractivity contribution in [2.24, 2.45) is 5.84 Å². The molecule has 80 valence electrons. The van der Waals surface area contributed by atoms with Gasteiger partial charge in [-0.1, -0.05) is 0 Å². The van der Waals surface area contributed by atoms with Crippen LogP contribution in [0.15, 0.2) is 0 Å². The average Bonchev–Trinajstić information content (AvgIpc) is 2.26. The largest absolute Gasteiger partial charge is 0.394 e. The van der Waals surface area contributed by atoms with E-state index in [1.807, 2.05) is 0 Å². The van der Waals surface area contributed by atoms with E-state index >= 15 is 0 Å². The third-order valence-corrected chi connectivity index (χ3v) is 2.42. The maximum absolute atomic E-state index is 11.4. The minimum absolute atomic E-state index is 0.108. The molecular weight excluding hydrogens is 186 g/mol. The lowest BCUT2D eigenvalue weighted by Gasteiger charge is -2.33. The topological polar surface area (TPSA) is 95.7 Å². The number of nitrogens with zero attached hydrogens (tertiary/aromatic N) is 1. The standard InChI is InChI=1S/C8H15N3O3/c9-10-7(13)8(14)11-4-2-1-3-6(11)5-12/h6,12H,1-5,9H2,(H,10,13). The van der Waals surface area contributed by atoms with Crippen molar-refractivity contribution >= 4 is 11.8 Å². The van der Waals surface area contributed by atoms with Gasteiger partial charge in [-0.25, -0.2) is 5.84 Å². The molecule has 1 fully saturated rings. The van der Waals surface area contributed by atoms with Gasteiger partial charge in [-0.15, -0.1) is 0 Å². The number of carbonyl (C=O) groups is 2. The zero-order valence-electron chi connectivity index (χ0n) is 7.90. The number of likely N-dealkylation sites (tertiary alicyclic amines) is 1. The number of rotatable bonds is 1. The number of aliphatic hydroxyl groups excluding tert-OH is 1. The summed E-state index contributed by atoms with van der Waals surface area (Å²) in [4.78, 5) is 23.8. The summed E-state index contributed by atoms with van der Waals surface area (Å²) < 4.78 is 0. The van der Waals surface area contributed by atoms with E-state index in [4.69, 9.17) is 10.9 Å². The maximum atomic E-state index is 11.4. The van der Waals surface area contributed by atoms with Crippen LogP contribution in [0.25, 0.3) is 0 Å². The molecule has 2 amide bonds. The van der Waals surface area contributed by atoms with Crippen LogP contribution in [0.1, 0.15) is 19.3 Å². The second kappa shape index (κ2) is 4.92. The minimum Gasteiger partial charge on any atom is -0.394 e. The summed E-state index contributed by atoms with van der Waals surface area (Å²) in [6, 6.07) is -0.242. The summed E-state index contributed by atoms with van der Waals surface area (Å²) in [5, 5.41) is 9.01. The van der Waals surface area contributed by atoms with E-state index in [2.05, 4.69) is 0 Å². The van der Waals surface area contributed by atoms with Crippen molar-refractivity contribution in [1.82, 2.24) is 10.3 Å². The molecule has 0 spiro atoms. The Hall–Kier alpha value is -1.14. The van der Waals surface area contributed by atoms with E-state index in [9.17, 15) is 9.59 Å². The number of hydrogen-bond donors (Lipinski definition) is 3. The van der Waals surface area contributed by atoms with Gasteiger partial charge in [-0.3, -0.25) is 15.0 Å². The first-order chi connectivity index (χ1) is 6.70. The molecule has 1 rings (SSSR count). The molecule has 14 heavy (non-hydrogen) atoms. The van der Waals surface area contributed by atoms with Gasteiger partial charge in [0.1, 0.15) is 0 Å². The van der Waals surface area contributed by atoms with Gasteiger partial charge >= 0.3 is 11.8 Å². The number of nitrogens with one attached hydrogen (secondary N) is 1. The van der Waals surface area contributed by atoms with Crippen LogP contribution in [0.2, 0.25) is 0 Å². The van der Waals surface area contributed by atoms with Gasteiger partial charge < -0.3 is 10.0 Å². The van der Waals surface area contributed by atoms with Gasteiger partial charge in [0.2, 0.25) is 0 Å². The first kappa shape index (κ1) is 10.9. The molecule has 0 bridgehead atoms. The van der Waals surface area contributed by atoms with Crippen LogP contribution in [0.3, 0.4) is 0 Å². The zero-order chi connectivity index (χ0) is 10.6. The van der Waals surface area contributed by atoms with Crippen LogP contribution < -0.4 is 11.3 Å². The van der Waals surface area contributed by atoms with Crippen LogP contribution in [-0.2, 0) is 9.59 Å². The van der Waals surface area contributed by atoms with Gasteiger partial charge in [0.15, 0.2) is 0 Å². The second-order valence-electron chi connectivity index (χ2n) is 3.30. The normalized spacial score (nSPS) is 21.9. The molecule has 1 aliphatic rings. The molecule has 1 saturated heterocycles. The SMILES string of the molecule is NNC(=O)C(=O)N1CCCCC1CO. The molecule has 6 heteroatoms. The predicted molar refractivity (Wildman–Crippen MR) is 48.8 cm³/mol. The Morgan fingerprint density at radius 3 is 2.79 bits per heavy atom. The number of hydrogen-bond acceptors (Lipinski definition) is 4. The Bertz CT molecular complexity index is 232. The van der Waals surface area contributed by atoms with E-state index in [1.165, 1.54) is 4.90 Å². The van der Waals surface area contributed by atoms with Gasteiger partial charge in [-0.05, 0) is 19.3 Å². The Kier molecular flexibility index (Phi) is 3.84. The zero-order valence-corrected chi connectivity index (χ0v) is 7.90. The summed E-state index contributed by atoms with van der Waals surface area (Å²) in [5.74, 6) is 3.37. The molecule has 0 aliphatic carbocycles. The molecule has 0 aromatic carbocycles. The first-order valence-corrected chi connectivity index (χ1v) is 4.63. The van der Waals surface area contributed by atoms with Gasteiger partial charge in [0.25, 0.3) is 0 Å². The number of nitrogens with two attached hydrogens (primary N) is 1. The monoisotopic (exact) mass is 201 g/mol. The van der Waals surface area contributed by atoms with Gasteiger partial charge in [0.05, 0.1) is 12.6 Å². The van der Waals surface area contributed by atoms with E-state index in [1.54, 1.807) is 5.43 Å². The fraction of sp³-hybridized carbons (Fsp3) is 0.750. The van der Waals surface area contributed by atoms with Gasteiger partial charge in [-0.2, -0.15) is 0 Å². The molecule has 0 aromatic rings. The van der Waals surface area contributed by atoms with Crippen LogP contribution in [-0.4, -0.2) is 41.0 Å². The minimum atomic E-state index is -0.828. The molecule has 1 aliphatic heterocycles. The summed E-state index contributed by atoms with van der Waals surface area (Å²) >= 11 is 0. The molecule has 6 nitrogen and oxygen atoms in total. The summed E-state index contributed by atoms with van der Waals surface area (Å²) in [5.41, 5.74) is 1.79. The third-order valence-electron chi connectivity index (χ3n) is 2.42. The van der Waals surface area contributed by atoms with Crippen molar-refractivity contribution in [2.45, 2.75) is 25.3 Å². The summed E-state index contributed by atoms with van der Waals surface area (Å²) in [6.45, 7) is 0.404. The average molecular weight is 201 g/mol. The lowest BCUT2D eigenvalue weighted by molar-refractivity contribution is -0.149. The molecule has 1 atom stereocenters. The van der Waals surface area contributed by atoms with Crippen LogP contribution in [0, 0.1) is 0 Å². The molecule has 0 radical (unpaired) electrons.